The maximum Gasteiger partial charge on any atom is 0.0673 e. The Morgan fingerprint density at radius 3 is 2.44 bits per heavy atom. The molecule has 0 radical (unpaired) electrons. The van der Waals surface area contributed by atoms with Crippen LogP contribution in [0.4, 0.5) is 0 Å². The Kier molecular flexibility index (Phi) is 4.20. The molecule has 2 aromatic rings. The van der Waals surface area contributed by atoms with Crippen molar-refractivity contribution in [1.82, 2.24) is 5.32 Å². The standard InChI is InChI=1S/C16H21NS/c1-5-17-16(15-9-7-13(4)18-15)14-8-6-11(2)10-12(14)3/h6-10,16-17H,5H2,1-4H3. The Bertz CT molecular complexity index is 528. The molecule has 2 rings (SSSR count). The van der Waals surface area contributed by atoms with Crippen molar-refractivity contribution in [2.75, 3.05) is 6.54 Å². The van der Waals surface area contributed by atoms with Crippen molar-refractivity contribution in [3.63, 3.8) is 0 Å². The van der Waals surface area contributed by atoms with Gasteiger partial charge in [0, 0.05) is 9.75 Å². The molecular formula is C16H21NS. The molecule has 0 aliphatic carbocycles. The van der Waals surface area contributed by atoms with Gasteiger partial charge in [0.15, 0.2) is 0 Å². The first kappa shape index (κ1) is 13.3. The highest BCUT2D eigenvalue weighted by molar-refractivity contribution is 7.12. The highest BCUT2D eigenvalue weighted by atomic mass is 32.1. The fraction of sp³-hybridized carbons (Fsp3) is 0.375. The molecule has 1 N–H and O–H groups in total. The number of nitrogens with one attached hydrogen (secondary N) is 1. The van der Waals surface area contributed by atoms with Crippen LogP contribution in [0.3, 0.4) is 0 Å². The van der Waals surface area contributed by atoms with Gasteiger partial charge in [0.1, 0.15) is 0 Å². The average molecular weight is 259 g/mol. The van der Waals surface area contributed by atoms with Gasteiger partial charge < -0.3 is 5.32 Å². The van der Waals surface area contributed by atoms with Crippen LogP contribution < -0.4 is 5.32 Å². The largest absolute Gasteiger partial charge is 0.306 e. The molecule has 0 saturated heterocycles. The molecule has 0 spiro atoms. The molecular weight excluding hydrogens is 238 g/mol. The quantitative estimate of drug-likeness (QED) is 0.859. The van der Waals surface area contributed by atoms with Gasteiger partial charge in [-0.15, -0.1) is 11.3 Å². The third-order valence-electron chi connectivity index (χ3n) is 3.19. The van der Waals surface area contributed by atoms with E-state index in [2.05, 4.69) is 63.3 Å². The van der Waals surface area contributed by atoms with E-state index in [0.29, 0.717) is 6.04 Å². The monoisotopic (exact) mass is 259 g/mol. The fourth-order valence-corrected chi connectivity index (χ4v) is 3.30. The third kappa shape index (κ3) is 2.82. The number of rotatable bonds is 4. The fourth-order valence-electron chi connectivity index (χ4n) is 2.33. The van der Waals surface area contributed by atoms with E-state index in [1.54, 1.807) is 0 Å². The summed E-state index contributed by atoms with van der Waals surface area (Å²) in [6, 6.07) is 11.5. The van der Waals surface area contributed by atoms with Gasteiger partial charge in [-0.05, 0) is 50.6 Å². The average Bonchev–Trinajstić information content (AvgIpc) is 2.73. The summed E-state index contributed by atoms with van der Waals surface area (Å²) in [4.78, 5) is 2.78. The molecule has 0 aliphatic heterocycles. The number of aryl methyl sites for hydroxylation is 3. The zero-order valence-corrected chi connectivity index (χ0v) is 12.4. The first-order valence-electron chi connectivity index (χ1n) is 6.48. The van der Waals surface area contributed by atoms with Crippen molar-refractivity contribution >= 4 is 11.3 Å². The van der Waals surface area contributed by atoms with Crippen LogP contribution in [0, 0.1) is 20.8 Å². The van der Waals surface area contributed by atoms with Crippen LogP contribution in [-0.4, -0.2) is 6.54 Å². The third-order valence-corrected chi connectivity index (χ3v) is 4.26. The summed E-state index contributed by atoms with van der Waals surface area (Å²) in [5.41, 5.74) is 4.09. The SMILES string of the molecule is CCNC(c1ccc(C)s1)c1ccc(C)cc1C. The van der Waals surface area contributed by atoms with Crippen molar-refractivity contribution in [3.8, 4) is 0 Å². The second-order valence-electron chi connectivity index (χ2n) is 4.80. The molecule has 0 saturated carbocycles. The van der Waals surface area contributed by atoms with Gasteiger partial charge in [0.2, 0.25) is 0 Å². The van der Waals surface area contributed by atoms with Crippen LogP contribution in [0.25, 0.3) is 0 Å². The first-order valence-corrected chi connectivity index (χ1v) is 7.30. The summed E-state index contributed by atoms with van der Waals surface area (Å²) < 4.78 is 0. The van der Waals surface area contributed by atoms with Crippen molar-refractivity contribution < 1.29 is 0 Å². The maximum absolute atomic E-state index is 3.60. The predicted molar refractivity (Wildman–Crippen MR) is 80.5 cm³/mol. The number of benzene rings is 1. The molecule has 1 aromatic heterocycles. The molecule has 0 aliphatic rings. The van der Waals surface area contributed by atoms with Gasteiger partial charge in [-0.1, -0.05) is 30.7 Å². The molecule has 1 unspecified atom stereocenters. The van der Waals surface area contributed by atoms with Crippen LogP contribution in [-0.2, 0) is 0 Å². The van der Waals surface area contributed by atoms with E-state index in [-0.39, 0.29) is 0 Å². The first-order chi connectivity index (χ1) is 8.61. The minimum Gasteiger partial charge on any atom is -0.306 e. The van der Waals surface area contributed by atoms with E-state index in [0.717, 1.165) is 6.54 Å². The van der Waals surface area contributed by atoms with Gasteiger partial charge in [-0.25, -0.2) is 0 Å². The van der Waals surface area contributed by atoms with E-state index in [9.17, 15) is 0 Å². The highest BCUT2D eigenvalue weighted by Gasteiger charge is 2.16. The Morgan fingerprint density at radius 2 is 1.89 bits per heavy atom. The van der Waals surface area contributed by atoms with E-state index >= 15 is 0 Å². The highest BCUT2D eigenvalue weighted by Crippen LogP contribution is 2.30. The molecule has 0 bridgehead atoms. The lowest BCUT2D eigenvalue weighted by Gasteiger charge is -2.19. The summed E-state index contributed by atoms with van der Waals surface area (Å²) in [6.07, 6.45) is 0. The van der Waals surface area contributed by atoms with Crippen molar-refractivity contribution in [3.05, 3.63) is 56.8 Å². The molecule has 0 amide bonds. The summed E-state index contributed by atoms with van der Waals surface area (Å²) in [7, 11) is 0. The minimum atomic E-state index is 0.328. The summed E-state index contributed by atoms with van der Waals surface area (Å²) >= 11 is 1.88. The second-order valence-corrected chi connectivity index (χ2v) is 6.12. The van der Waals surface area contributed by atoms with Gasteiger partial charge in [-0.2, -0.15) is 0 Å². The smallest absolute Gasteiger partial charge is 0.0673 e. The Morgan fingerprint density at radius 1 is 1.11 bits per heavy atom. The van der Waals surface area contributed by atoms with Gasteiger partial charge >= 0.3 is 0 Å². The van der Waals surface area contributed by atoms with Crippen molar-refractivity contribution in [2.24, 2.45) is 0 Å². The molecule has 96 valence electrons. The predicted octanol–water partition coefficient (Wildman–Crippen LogP) is 4.37. The zero-order valence-electron chi connectivity index (χ0n) is 11.6. The number of thiophene rings is 1. The zero-order chi connectivity index (χ0) is 13.1. The molecule has 1 heterocycles. The molecule has 2 heteroatoms. The van der Waals surface area contributed by atoms with Gasteiger partial charge in [0.25, 0.3) is 0 Å². The lowest BCUT2D eigenvalue weighted by atomic mass is 9.98. The summed E-state index contributed by atoms with van der Waals surface area (Å²) in [5, 5.41) is 3.60. The van der Waals surface area contributed by atoms with Crippen LogP contribution in [0.1, 0.15) is 39.4 Å². The van der Waals surface area contributed by atoms with E-state index in [4.69, 9.17) is 0 Å². The lowest BCUT2D eigenvalue weighted by Crippen LogP contribution is -2.21. The number of hydrogen-bond donors (Lipinski definition) is 1. The van der Waals surface area contributed by atoms with Crippen LogP contribution >= 0.6 is 11.3 Å². The van der Waals surface area contributed by atoms with Gasteiger partial charge in [0.05, 0.1) is 6.04 Å². The van der Waals surface area contributed by atoms with Crippen LogP contribution in [0.5, 0.6) is 0 Å². The van der Waals surface area contributed by atoms with E-state index in [1.165, 1.54) is 26.4 Å². The van der Waals surface area contributed by atoms with Crippen molar-refractivity contribution in [2.45, 2.75) is 33.7 Å². The molecule has 18 heavy (non-hydrogen) atoms. The lowest BCUT2D eigenvalue weighted by molar-refractivity contribution is 0.636. The topological polar surface area (TPSA) is 12.0 Å². The van der Waals surface area contributed by atoms with E-state index < -0.39 is 0 Å². The Hall–Kier alpha value is -1.12. The maximum atomic E-state index is 3.60. The van der Waals surface area contributed by atoms with E-state index in [1.807, 2.05) is 11.3 Å². The Labute approximate surface area is 114 Å². The molecule has 1 nitrogen and oxygen atoms in total. The van der Waals surface area contributed by atoms with Crippen molar-refractivity contribution in [1.29, 1.82) is 0 Å². The molecule has 1 aromatic carbocycles. The van der Waals surface area contributed by atoms with Crippen LogP contribution in [0.2, 0.25) is 0 Å². The summed E-state index contributed by atoms with van der Waals surface area (Å²) in [6.45, 7) is 9.66. The summed E-state index contributed by atoms with van der Waals surface area (Å²) in [5.74, 6) is 0. The van der Waals surface area contributed by atoms with Crippen LogP contribution in [0.15, 0.2) is 30.3 Å². The van der Waals surface area contributed by atoms with Gasteiger partial charge in [-0.3, -0.25) is 0 Å². The Balaban J connectivity index is 2.41. The molecule has 0 fully saturated rings. The second kappa shape index (κ2) is 5.68. The number of hydrogen-bond acceptors (Lipinski definition) is 2. The molecule has 1 atom stereocenters. The minimum absolute atomic E-state index is 0.328. The normalized spacial score (nSPS) is 12.7.